The number of nitrogens with zero attached hydrogens (tertiary/aromatic N) is 5. The summed E-state index contributed by atoms with van der Waals surface area (Å²) in [5.41, 5.74) is 2.55. The van der Waals surface area contributed by atoms with Gasteiger partial charge < -0.3 is 19.4 Å². The van der Waals surface area contributed by atoms with Gasteiger partial charge in [0, 0.05) is 50.6 Å². The molecule has 3 heterocycles. The van der Waals surface area contributed by atoms with Gasteiger partial charge in [0.15, 0.2) is 0 Å². The predicted molar refractivity (Wildman–Crippen MR) is 114 cm³/mol. The van der Waals surface area contributed by atoms with Crippen LogP contribution in [0.25, 0.3) is 0 Å². The molecule has 0 saturated carbocycles. The van der Waals surface area contributed by atoms with Crippen LogP contribution in [0.4, 0.5) is 11.6 Å². The molecule has 0 atom stereocenters. The van der Waals surface area contributed by atoms with Crippen LogP contribution in [0, 0.1) is 6.92 Å². The molecule has 1 amide bonds. The quantitative estimate of drug-likeness (QED) is 0.793. The molecular weight excluding hydrogens is 366 g/mol. The molecular formula is C22H29N5O2. The molecule has 0 radical (unpaired) electrons. The molecule has 0 N–H and O–H groups in total. The van der Waals surface area contributed by atoms with Gasteiger partial charge in [-0.15, -0.1) is 0 Å². The Balaban J connectivity index is 1.43. The Morgan fingerprint density at radius 3 is 2.21 bits per heavy atom. The predicted octanol–water partition coefficient (Wildman–Crippen LogP) is 2.75. The smallest absolute Gasteiger partial charge is 0.272 e. The number of piperidine rings is 1. The standard InChI is InChI=1S/C22H29N5O2/c1-17-16-20(21(28)26-10-4-3-5-11-26)24-22(23-17)27-14-12-25(13-15-27)18-6-8-19(29-2)9-7-18/h6-9,16H,3-5,10-15H2,1-2H3. The van der Waals surface area contributed by atoms with Crippen molar-refractivity contribution in [2.75, 3.05) is 56.2 Å². The zero-order valence-electron chi connectivity index (χ0n) is 17.3. The summed E-state index contributed by atoms with van der Waals surface area (Å²) >= 11 is 0. The van der Waals surface area contributed by atoms with Gasteiger partial charge in [-0.1, -0.05) is 0 Å². The molecule has 0 aliphatic carbocycles. The van der Waals surface area contributed by atoms with Crippen molar-refractivity contribution in [3.8, 4) is 5.75 Å². The van der Waals surface area contributed by atoms with Gasteiger partial charge in [0.1, 0.15) is 11.4 Å². The Hall–Kier alpha value is -2.83. The Bertz CT molecular complexity index is 841. The van der Waals surface area contributed by atoms with Crippen LogP contribution >= 0.6 is 0 Å². The number of carbonyl (C=O) groups excluding carboxylic acids is 1. The fraction of sp³-hybridized carbons (Fsp3) is 0.500. The van der Waals surface area contributed by atoms with Crippen LogP contribution in [-0.4, -0.2) is 67.2 Å². The number of aromatic nitrogens is 2. The van der Waals surface area contributed by atoms with Crippen molar-refractivity contribution in [2.45, 2.75) is 26.2 Å². The summed E-state index contributed by atoms with van der Waals surface area (Å²) in [5, 5.41) is 0. The fourth-order valence-electron chi connectivity index (χ4n) is 4.02. The first-order valence-electron chi connectivity index (χ1n) is 10.4. The lowest BCUT2D eigenvalue weighted by molar-refractivity contribution is 0.0718. The average Bonchev–Trinajstić information content (AvgIpc) is 2.79. The first kappa shape index (κ1) is 19.5. The van der Waals surface area contributed by atoms with Gasteiger partial charge in [-0.3, -0.25) is 4.79 Å². The van der Waals surface area contributed by atoms with Crippen molar-refractivity contribution >= 4 is 17.5 Å². The molecule has 1 aromatic carbocycles. The minimum Gasteiger partial charge on any atom is -0.497 e. The highest BCUT2D eigenvalue weighted by Gasteiger charge is 2.24. The molecule has 2 saturated heterocycles. The van der Waals surface area contributed by atoms with Crippen molar-refractivity contribution in [3.05, 3.63) is 41.7 Å². The monoisotopic (exact) mass is 395 g/mol. The summed E-state index contributed by atoms with van der Waals surface area (Å²) in [6, 6.07) is 9.97. The molecule has 4 rings (SSSR count). The number of methoxy groups -OCH3 is 1. The third-order valence-electron chi connectivity index (χ3n) is 5.70. The zero-order valence-corrected chi connectivity index (χ0v) is 17.3. The summed E-state index contributed by atoms with van der Waals surface area (Å²) in [7, 11) is 1.68. The number of ether oxygens (including phenoxy) is 1. The average molecular weight is 396 g/mol. The van der Waals surface area contributed by atoms with Crippen LogP contribution < -0.4 is 14.5 Å². The SMILES string of the molecule is COc1ccc(N2CCN(c3nc(C)cc(C(=O)N4CCCCC4)n3)CC2)cc1. The normalized spacial score (nSPS) is 17.4. The van der Waals surface area contributed by atoms with Crippen molar-refractivity contribution in [1.29, 1.82) is 0 Å². The molecule has 154 valence electrons. The fourth-order valence-corrected chi connectivity index (χ4v) is 4.02. The lowest BCUT2D eigenvalue weighted by atomic mass is 10.1. The minimum atomic E-state index is 0.0355. The third kappa shape index (κ3) is 4.44. The van der Waals surface area contributed by atoms with Gasteiger partial charge >= 0.3 is 0 Å². The molecule has 0 spiro atoms. The van der Waals surface area contributed by atoms with E-state index in [2.05, 4.69) is 31.9 Å². The second kappa shape index (κ2) is 8.68. The third-order valence-corrected chi connectivity index (χ3v) is 5.70. The number of amides is 1. The lowest BCUT2D eigenvalue weighted by Crippen LogP contribution is -2.47. The highest BCUT2D eigenvalue weighted by Crippen LogP contribution is 2.22. The summed E-state index contributed by atoms with van der Waals surface area (Å²) in [5.74, 6) is 1.57. The number of benzene rings is 1. The molecule has 2 aliphatic heterocycles. The molecule has 2 aliphatic rings. The number of likely N-dealkylation sites (tertiary alicyclic amines) is 1. The Kier molecular flexibility index (Phi) is 5.83. The number of carbonyl (C=O) groups is 1. The van der Waals surface area contributed by atoms with Gasteiger partial charge in [0.25, 0.3) is 5.91 Å². The molecule has 0 bridgehead atoms. The van der Waals surface area contributed by atoms with E-state index in [-0.39, 0.29) is 5.91 Å². The van der Waals surface area contributed by atoms with Crippen LogP contribution in [0.15, 0.2) is 30.3 Å². The summed E-state index contributed by atoms with van der Waals surface area (Å²) < 4.78 is 5.24. The number of aryl methyl sites for hydroxylation is 1. The van der Waals surface area contributed by atoms with Crippen LogP contribution in [0.1, 0.15) is 35.4 Å². The summed E-state index contributed by atoms with van der Waals surface area (Å²) in [6.45, 7) is 7.03. The van der Waals surface area contributed by atoms with Gasteiger partial charge in [-0.25, -0.2) is 9.97 Å². The minimum absolute atomic E-state index is 0.0355. The number of hydrogen-bond acceptors (Lipinski definition) is 6. The molecule has 2 aromatic rings. The number of anilines is 2. The van der Waals surface area contributed by atoms with Crippen molar-refractivity contribution in [3.63, 3.8) is 0 Å². The van der Waals surface area contributed by atoms with E-state index >= 15 is 0 Å². The Labute approximate surface area is 172 Å². The van der Waals surface area contributed by atoms with Gasteiger partial charge in [0.2, 0.25) is 5.95 Å². The highest BCUT2D eigenvalue weighted by molar-refractivity contribution is 5.92. The van der Waals surface area contributed by atoms with Gasteiger partial charge in [-0.05, 0) is 56.5 Å². The van der Waals surface area contributed by atoms with Crippen molar-refractivity contribution in [2.24, 2.45) is 0 Å². The van der Waals surface area contributed by atoms with Crippen molar-refractivity contribution in [1.82, 2.24) is 14.9 Å². The van der Waals surface area contributed by atoms with E-state index in [1.54, 1.807) is 7.11 Å². The number of rotatable bonds is 4. The molecule has 7 nitrogen and oxygen atoms in total. The lowest BCUT2D eigenvalue weighted by Gasteiger charge is -2.36. The Morgan fingerprint density at radius 2 is 1.55 bits per heavy atom. The van der Waals surface area contributed by atoms with Gasteiger partial charge in [-0.2, -0.15) is 0 Å². The number of hydrogen-bond donors (Lipinski definition) is 0. The summed E-state index contributed by atoms with van der Waals surface area (Å²) in [6.07, 6.45) is 3.36. The first-order chi connectivity index (χ1) is 14.1. The van der Waals surface area contributed by atoms with E-state index in [0.29, 0.717) is 11.6 Å². The molecule has 1 aromatic heterocycles. The highest BCUT2D eigenvalue weighted by atomic mass is 16.5. The van der Waals surface area contributed by atoms with E-state index in [9.17, 15) is 4.79 Å². The van der Waals surface area contributed by atoms with E-state index < -0.39 is 0 Å². The van der Waals surface area contributed by atoms with Gasteiger partial charge in [0.05, 0.1) is 7.11 Å². The maximum atomic E-state index is 12.9. The van der Waals surface area contributed by atoms with Crippen LogP contribution in [0.3, 0.4) is 0 Å². The van der Waals surface area contributed by atoms with E-state index in [4.69, 9.17) is 4.74 Å². The zero-order chi connectivity index (χ0) is 20.2. The second-order valence-electron chi connectivity index (χ2n) is 7.72. The topological polar surface area (TPSA) is 61.8 Å². The molecule has 29 heavy (non-hydrogen) atoms. The van der Waals surface area contributed by atoms with Crippen LogP contribution in [0.5, 0.6) is 5.75 Å². The molecule has 0 unspecified atom stereocenters. The van der Waals surface area contributed by atoms with E-state index in [1.807, 2.05) is 30.0 Å². The van der Waals surface area contributed by atoms with Crippen molar-refractivity contribution < 1.29 is 9.53 Å². The Morgan fingerprint density at radius 1 is 0.897 bits per heavy atom. The first-order valence-corrected chi connectivity index (χ1v) is 10.4. The second-order valence-corrected chi connectivity index (χ2v) is 7.72. The largest absolute Gasteiger partial charge is 0.497 e. The van der Waals surface area contributed by atoms with Crippen LogP contribution in [0.2, 0.25) is 0 Å². The maximum Gasteiger partial charge on any atom is 0.272 e. The number of piperazine rings is 1. The maximum absolute atomic E-state index is 12.9. The summed E-state index contributed by atoms with van der Waals surface area (Å²) in [4.78, 5) is 28.6. The molecule has 7 heteroatoms. The van der Waals surface area contributed by atoms with E-state index in [0.717, 1.165) is 63.6 Å². The molecule has 2 fully saturated rings. The van der Waals surface area contributed by atoms with E-state index in [1.165, 1.54) is 12.1 Å². The van der Waals surface area contributed by atoms with Crippen LogP contribution in [-0.2, 0) is 0 Å².